The van der Waals surface area contributed by atoms with Crippen molar-refractivity contribution in [3.63, 3.8) is 0 Å². The Balaban J connectivity index is 0. The summed E-state index contributed by atoms with van der Waals surface area (Å²) in [6, 6.07) is 10.8. The monoisotopic (exact) mass is 700 g/mol. The number of halogens is 4. The normalized spacial score (nSPS) is 8.84. The molecule has 0 heterocycles. The number of nitrogens with two attached hydrogens (primary N) is 1. The van der Waals surface area contributed by atoms with Crippen LogP contribution in [0.25, 0.3) is 0 Å². The van der Waals surface area contributed by atoms with Crippen molar-refractivity contribution in [2.24, 2.45) is 5.73 Å². The molecule has 138 valence electrons. The summed E-state index contributed by atoms with van der Waals surface area (Å²) in [6.45, 7) is 0. The number of hydrogen-bond acceptors (Lipinski definition) is 4. The minimum Gasteiger partial charge on any atom is -0.465 e. The molecule has 6 nitrogen and oxygen atoms in total. The van der Waals surface area contributed by atoms with Gasteiger partial charge in [-0.05, 0) is 113 Å². The number of benzene rings is 2. The van der Waals surface area contributed by atoms with Crippen LogP contribution >= 0.6 is 77.0 Å². The second-order valence-corrected chi connectivity index (χ2v) is 8.30. The highest BCUT2D eigenvalue weighted by atomic mass is 127. The molecule has 2 aromatic carbocycles. The molecule has 0 spiro atoms. The average Bonchev–Trinajstić information content (AvgIpc) is 2.46. The van der Waals surface area contributed by atoms with Crippen molar-refractivity contribution in [2.75, 3.05) is 7.11 Å². The Bertz CT molecular complexity index is 745. The Morgan fingerprint density at radius 2 is 1.36 bits per heavy atom. The van der Waals surface area contributed by atoms with Crippen molar-refractivity contribution < 1.29 is 19.8 Å². The summed E-state index contributed by atoms with van der Waals surface area (Å²) in [6.07, 6.45) is 0. The SMILES string of the molecule is COC(=O)c1ccc(I)cc1Br.N.NC(=O)c1ccc(I)cc1Br.O. The number of methoxy groups -OCH3 is 1. The molecule has 0 aromatic heterocycles. The molecule has 0 fully saturated rings. The van der Waals surface area contributed by atoms with E-state index in [0.29, 0.717) is 11.1 Å². The molecule has 0 aliphatic heterocycles. The summed E-state index contributed by atoms with van der Waals surface area (Å²) in [5.74, 6) is -0.730. The molecule has 0 saturated carbocycles. The van der Waals surface area contributed by atoms with Crippen molar-refractivity contribution >= 4 is 88.9 Å². The van der Waals surface area contributed by atoms with Crippen LogP contribution in [0.1, 0.15) is 20.7 Å². The second kappa shape index (κ2) is 13.0. The van der Waals surface area contributed by atoms with Crippen molar-refractivity contribution in [3.05, 3.63) is 63.6 Å². The predicted octanol–water partition coefficient (Wildman–Crippen LogP) is 4.33. The first-order chi connectivity index (χ1) is 10.8. The number of amides is 1. The lowest BCUT2D eigenvalue weighted by molar-refractivity contribution is 0.0599. The van der Waals surface area contributed by atoms with E-state index < -0.39 is 5.91 Å². The number of ether oxygens (including phenoxy) is 1. The van der Waals surface area contributed by atoms with Crippen molar-refractivity contribution in [1.82, 2.24) is 6.15 Å². The highest BCUT2D eigenvalue weighted by Gasteiger charge is 2.09. The highest BCUT2D eigenvalue weighted by molar-refractivity contribution is 14.1. The van der Waals surface area contributed by atoms with Gasteiger partial charge in [-0.2, -0.15) is 0 Å². The third-order valence-electron chi connectivity index (χ3n) is 2.53. The van der Waals surface area contributed by atoms with Crippen LogP contribution in [0.3, 0.4) is 0 Å². The molecule has 0 bridgehead atoms. The van der Waals surface area contributed by atoms with E-state index in [4.69, 9.17) is 5.73 Å². The topological polar surface area (TPSA) is 136 Å². The van der Waals surface area contributed by atoms with Gasteiger partial charge >= 0.3 is 5.97 Å². The van der Waals surface area contributed by atoms with E-state index in [9.17, 15) is 9.59 Å². The fourth-order valence-corrected chi connectivity index (χ4v) is 4.41. The van der Waals surface area contributed by atoms with E-state index in [1.165, 1.54) is 7.11 Å². The predicted molar refractivity (Wildman–Crippen MR) is 122 cm³/mol. The van der Waals surface area contributed by atoms with Gasteiger partial charge in [-0.1, -0.05) is 0 Å². The van der Waals surface area contributed by atoms with Gasteiger partial charge in [-0.25, -0.2) is 4.79 Å². The Labute approximate surface area is 189 Å². The molecular formula is C15H16Br2I2N2O4. The summed E-state index contributed by atoms with van der Waals surface area (Å²) in [5, 5.41) is 0. The molecule has 10 heteroatoms. The lowest BCUT2D eigenvalue weighted by atomic mass is 10.2. The summed E-state index contributed by atoms with van der Waals surface area (Å²) in [4.78, 5) is 21.8. The van der Waals surface area contributed by atoms with Gasteiger partial charge in [0.05, 0.1) is 18.2 Å². The van der Waals surface area contributed by atoms with Crippen LogP contribution < -0.4 is 11.9 Å². The summed E-state index contributed by atoms with van der Waals surface area (Å²) >= 11 is 10.9. The Morgan fingerprint density at radius 3 is 1.68 bits per heavy atom. The van der Waals surface area contributed by atoms with Crippen LogP contribution in [-0.2, 0) is 4.74 Å². The molecule has 0 radical (unpaired) electrons. The van der Waals surface area contributed by atoms with Crippen LogP contribution in [0.15, 0.2) is 45.3 Å². The number of primary amides is 1. The van der Waals surface area contributed by atoms with Gasteiger partial charge in [0.25, 0.3) is 0 Å². The molecule has 0 atom stereocenters. The van der Waals surface area contributed by atoms with E-state index in [-0.39, 0.29) is 17.6 Å². The first-order valence-corrected chi connectivity index (χ1v) is 9.78. The van der Waals surface area contributed by atoms with Crippen LogP contribution in [0, 0.1) is 7.14 Å². The summed E-state index contributed by atoms with van der Waals surface area (Å²) < 4.78 is 8.24. The van der Waals surface area contributed by atoms with Crippen LogP contribution in [0.5, 0.6) is 0 Å². The maximum absolute atomic E-state index is 11.1. The van der Waals surface area contributed by atoms with Gasteiger partial charge in [-0.15, -0.1) is 0 Å². The molecule has 2 aromatic rings. The summed E-state index contributed by atoms with van der Waals surface area (Å²) in [5.41, 5.74) is 6.17. The molecule has 0 unspecified atom stereocenters. The maximum atomic E-state index is 11.1. The second-order valence-electron chi connectivity index (χ2n) is 4.10. The van der Waals surface area contributed by atoms with E-state index in [1.807, 2.05) is 24.3 Å². The lowest BCUT2D eigenvalue weighted by Gasteiger charge is -2.01. The molecule has 2 rings (SSSR count). The highest BCUT2D eigenvalue weighted by Crippen LogP contribution is 2.20. The lowest BCUT2D eigenvalue weighted by Crippen LogP contribution is -2.11. The Hall–Kier alpha value is -0.280. The number of rotatable bonds is 2. The van der Waals surface area contributed by atoms with E-state index in [2.05, 4.69) is 81.8 Å². The van der Waals surface area contributed by atoms with Gasteiger partial charge < -0.3 is 22.1 Å². The zero-order valence-corrected chi connectivity index (χ0v) is 20.5. The molecule has 0 aliphatic carbocycles. The molecule has 0 aliphatic rings. The fraction of sp³-hybridized carbons (Fsp3) is 0.0667. The number of hydrogen-bond donors (Lipinski definition) is 2. The fourth-order valence-electron chi connectivity index (χ4n) is 1.45. The van der Waals surface area contributed by atoms with E-state index >= 15 is 0 Å². The van der Waals surface area contributed by atoms with Gasteiger partial charge in [-0.3, -0.25) is 4.79 Å². The van der Waals surface area contributed by atoms with Crippen LogP contribution in [0.4, 0.5) is 0 Å². The number of carbonyl (C=O) groups excluding carboxylic acids is 2. The van der Waals surface area contributed by atoms with Crippen molar-refractivity contribution in [2.45, 2.75) is 0 Å². The molecule has 1 amide bonds. The standard InChI is InChI=1S/C8H6BrIO2.C7H5BrINO.H3N.H2O/c1-12-8(11)6-3-2-5(10)4-7(6)9;8-6-3-4(9)1-2-5(6)7(10)11;;/h2-4H,1H3;1-3H,(H2,10,11);1H3;1H2. The van der Waals surface area contributed by atoms with Crippen LogP contribution in [0.2, 0.25) is 0 Å². The average molecular weight is 702 g/mol. The zero-order chi connectivity index (χ0) is 17.6. The van der Waals surface area contributed by atoms with Gasteiger partial charge in [0.2, 0.25) is 5.91 Å². The Morgan fingerprint density at radius 1 is 0.960 bits per heavy atom. The summed E-state index contributed by atoms with van der Waals surface area (Å²) in [7, 11) is 1.37. The van der Waals surface area contributed by atoms with Gasteiger partial charge in [0, 0.05) is 16.1 Å². The first kappa shape index (κ1) is 26.9. The smallest absolute Gasteiger partial charge is 0.339 e. The minimum atomic E-state index is -0.409. The number of carbonyl (C=O) groups is 2. The molecule has 7 N–H and O–H groups in total. The Kier molecular flexibility index (Phi) is 14.0. The maximum Gasteiger partial charge on any atom is 0.339 e. The first-order valence-electron chi connectivity index (χ1n) is 6.04. The number of esters is 1. The van der Waals surface area contributed by atoms with E-state index in [0.717, 1.165) is 16.1 Å². The largest absolute Gasteiger partial charge is 0.465 e. The van der Waals surface area contributed by atoms with Crippen LogP contribution in [-0.4, -0.2) is 24.5 Å². The van der Waals surface area contributed by atoms with Gasteiger partial charge in [0.15, 0.2) is 0 Å². The van der Waals surface area contributed by atoms with Crippen molar-refractivity contribution in [3.8, 4) is 0 Å². The molecular weight excluding hydrogens is 686 g/mol. The third kappa shape index (κ3) is 8.77. The third-order valence-corrected chi connectivity index (χ3v) is 5.19. The minimum absolute atomic E-state index is 0. The zero-order valence-electron chi connectivity index (χ0n) is 13.0. The quantitative estimate of drug-likeness (QED) is 0.356. The van der Waals surface area contributed by atoms with Crippen molar-refractivity contribution in [1.29, 1.82) is 0 Å². The van der Waals surface area contributed by atoms with Gasteiger partial charge in [0.1, 0.15) is 0 Å². The van der Waals surface area contributed by atoms with E-state index in [1.54, 1.807) is 12.1 Å². The molecule has 25 heavy (non-hydrogen) atoms. The molecule has 0 saturated heterocycles.